The third-order valence-electron chi connectivity index (χ3n) is 4.22. The van der Waals surface area contributed by atoms with Crippen LogP contribution < -0.4 is 0 Å². The molecular formula is C19H31N. The van der Waals surface area contributed by atoms with Crippen LogP contribution in [0.4, 0.5) is 0 Å². The summed E-state index contributed by atoms with van der Waals surface area (Å²) < 4.78 is 0. The van der Waals surface area contributed by atoms with E-state index < -0.39 is 0 Å². The van der Waals surface area contributed by atoms with Crippen molar-refractivity contribution in [3.63, 3.8) is 0 Å². The van der Waals surface area contributed by atoms with Gasteiger partial charge in [-0.25, -0.2) is 0 Å². The van der Waals surface area contributed by atoms with Crippen LogP contribution in [0, 0.1) is 5.41 Å². The van der Waals surface area contributed by atoms with Crippen LogP contribution in [0.1, 0.15) is 65.0 Å². The number of hydrogen-bond donors (Lipinski definition) is 0. The highest BCUT2D eigenvalue weighted by molar-refractivity contribution is 5.30. The molecule has 112 valence electrons. The summed E-state index contributed by atoms with van der Waals surface area (Å²) in [7, 11) is 0. The van der Waals surface area contributed by atoms with Gasteiger partial charge in [-0.3, -0.25) is 0 Å². The summed E-state index contributed by atoms with van der Waals surface area (Å²) in [6.07, 6.45) is 1.31. The highest BCUT2D eigenvalue weighted by atomic mass is 15.1. The lowest BCUT2D eigenvalue weighted by Crippen LogP contribution is -2.30. The minimum atomic E-state index is 0.256. The van der Waals surface area contributed by atoms with Gasteiger partial charge in [0.2, 0.25) is 0 Å². The van der Waals surface area contributed by atoms with Crippen molar-refractivity contribution in [1.29, 1.82) is 0 Å². The van der Waals surface area contributed by atoms with Gasteiger partial charge in [-0.15, -0.1) is 0 Å². The lowest BCUT2D eigenvalue weighted by molar-refractivity contribution is 0.225. The molecule has 1 aliphatic heterocycles. The predicted molar refractivity (Wildman–Crippen MR) is 88.4 cm³/mol. The van der Waals surface area contributed by atoms with Crippen molar-refractivity contribution in [3.8, 4) is 0 Å². The zero-order valence-corrected chi connectivity index (χ0v) is 14.2. The molecule has 1 saturated heterocycles. The quantitative estimate of drug-likeness (QED) is 0.746. The summed E-state index contributed by atoms with van der Waals surface area (Å²) in [5.41, 5.74) is 3.62. The van der Waals surface area contributed by atoms with Gasteiger partial charge in [0, 0.05) is 13.1 Å². The largest absolute Gasteiger partial charge is 0.302 e. The molecular weight excluding hydrogens is 242 g/mol. The summed E-state index contributed by atoms with van der Waals surface area (Å²) in [6.45, 7) is 17.5. The second kappa shape index (κ2) is 5.52. The fourth-order valence-electron chi connectivity index (χ4n) is 3.17. The fraction of sp³-hybridized carbons (Fsp3) is 0.684. The van der Waals surface area contributed by atoms with Crippen molar-refractivity contribution < 1.29 is 0 Å². The van der Waals surface area contributed by atoms with Crippen LogP contribution in [0.3, 0.4) is 0 Å². The topological polar surface area (TPSA) is 3.24 Å². The van der Waals surface area contributed by atoms with Crippen molar-refractivity contribution >= 4 is 0 Å². The Hall–Kier alpha value is -0.820. The van der Waals surface area contributed by atoms with Gasteiger partial charge in [0.25, 0.3) is 0 Å². The second-order valence-corrected chi connectivity index (χ2v) is 8.65. The highest BCUT2D eigenvalue weighted by Crippen LogP contribution is 2.31. The van der Waals surface area contributed by atoms with E-state index in [4.69, 9.17) is 0 Å². The molecule has 0 spiro atoms. The summed E-state index contributed by atoms with van der Waals surface area (Å²) in [5, 5.41) is 0. The third-order valence-corrected chi connectivity index (χ3v) is 4.22. The zero-order chi connectivity index (χ0) is 15.0. The SMILES string of the molecule is CC(C)(C)CN1CCC(c2ccc(C(C)(C)C)cc2)C1. The molecule has 0 bridgehead atoms. The van der Waals surface area contributed by atoms with E-state index in [0.717, 1.165) is 5.92 Å². The maximum atomic E-state index is 2.63. The average molecular weight is 273 g/mol. The van der Waals surface area contributed by atoms with Gasteiger partial charge in [-0.05, 0) is 40.8 Å². The van der Waals surface area contributed by atoms with Gasteiger partial charge in [-0.2, -0.15) is 0 Å². The molecule has 0 aliphatic carbocycles. The maximum absolute atomic E-state index is 2.63. The number of likely N-dealkylation sites (tertiary alicyclic amines) is 1. The lowest BCUT2D eigenvalue weighted by Gasteiger charge is -2.26. The summed E-state index contributed by atoms with van der Waals surface area (Å²) in [4.78, 5) is 2.63. The molecule has 1 aromatic carbocycles. The molecule has 1 fully saturated rings. The Morgan fingerprint density at radius 1 is 1.00 bits per heavy atom. The highest BCUT2D eigenvalue weighted by Gasteiger charge is 2.27. The van der Waals surface area contributed by atoms with E-state index in [0.29, 0.717) is 5.41 Å². The summed E-state index contributed by atoms with van der Waals surface area (Å²) in [5.74, 6) is 0.728. The number of hydrogen-bond acceptors (Lipinski definition) is 1. The first-order chi connectivity index (χ1) is 9.15. The molecule has 1 heterocycles. The van der Waals surface area contributed by atoms with Crippen molar-refractivity contribution in [2.75, 3.05) is 19.6 Å². The summed E-state index contributed by atoms with van der Waals surface area (Å²) in [6, 6.07) is 9.35. The van der Waals surface area contributed by atoms with Crippen molar-refractivity contribution in [1.82, 2.24) is 4.90 Å². The molecule has 1 unspecified atom stereocenters. The fourth-order valence-corrected chi connectivity index (χ4v) is 3.17. The van der Waals surface area contributed by atoms with Gasteiger partial charge in [0.05, 0.1) is 0 Å². The van der Waals surface area contributed by atoms with E-state index in [-0.39, 0.29) is 5.41 Å². The molecule has 1 atom stereocenters. The Morgan fingerprint density at radius 2 is 1.60 bits per heavy atom. The van der Waals surface area contributed by atoms with E-state index in [2.05, 4.69) is 70.7 Å². The van der Waals surface area contributed by atoms with Gasteiger partial charge in [-0.1, -0.05) is 65.8 Å². The van der Waals surface area contributed by atoms with Gasteiger partial charge in [0.15, 0.2) is 0 Å². The smallest absolute Gasteiger partial charge is 0.00510 e. The lowest BCUT2D eigenvalue weighted by atomic mass is 9.85. The van der Waals surface area contributed by atoms with Crippen molar-refractivity contribution in [3.05, 3.63) is 35.4 Å². The van der Waals surface area contributed by atoms with Crippen molar-refractivity contribution in [2.24, 2.45) is 5.41 Å². The van der Waals surface area contributed by atoms with Crippen LogP contribution in [-0.2, 0) is 5.41 Å². The second-order valence-electron chi connectivity index (χ2n) is 8.65. The molecule has 1 heteroatoms. The molecule has 20 heavy (non-hydrogen) atoms. The van der Waals surface area contributed by atoms with Crippen LogP contribution in [0.25, 0.3) is 0 Å². The molecule has 2 rings (SSSR count). The van der Waals surface area contributed by atoms with Gasteiger partial charge >= 0.3 is 0 Å². The molecule has 1 aliphatic rings. The van der Waals surface area contributed by atoms with E-state index in [1.807, 2.05) is 0 Å². The Labute approximate surface area is 125 Å². The van der Waals surface area contributed by atoms with Crippen molar-refractivity contribution in [2.45, 2.75) is 59.3 Å². The van der Waals surface area contributed by atoms with Crippen LogP contribution in [-0.4, -0.2) is 24.5 Å². The molecule has 0 aromatic heterocycles. The van der Waals surface area contributed by atoms with E-state index >= 15 is 0 Å². The Kier molecular flexibility index (Phi) is 4.30. The first-order valence-electron chi connectivity index (χ1n) is 7.98. The normalized spacial score (nSPS) is 21.4. The molecule has 0 saturated carbocycles. The van der Waals surface area contributed by atoms with Gasteiger partial charge in [0.1, 0.15) is 0 Å². The first-order valence-corrected chi connectivity index (χ1v) is 7.98. The number of rotatable bonds is 2. The van der Waals surface area contributed by atoms with Crippen LogP contribution in [0.15, 0.2) is 24.3 Å². The Balaban J connectivity index is 2.00. The number of benzene rings is 1. The Bertz CT molecular complexity index is 430. The molecule has 1 aromatic rings. The maximum Gasteiger partial charge on any atom is 0.00510 e. The van der Waals surface area contributed by atoms with E-state index in [1.54, 1.807) is 0 Å². The summed E-state index contributed by atoms with van der Waals surface area (Å²) >= 11 is 0. The van der Waals surface area contributed by atoms with Crippen LogP contribution in [0.5, 0.6) is 0 Å². The zero-order valence-electron chi connectivity index (χ0n) is 14.2. The standard InChI is InChI=1S/C19H31N/c1-18(2,3)14-20-12-11-16(13-20)15-7-9-17(10-8-15)19(4,5)6/h7-10,16H,11-14H2,1-6H3. The van der Waals surface area contributed by atoms with E-state index in [1.165, 1.54) is 37.2 Å². The predicted octanol–water partition coefficient (Wildman–Crippen LogP) is 4.82. The monoisotopic (exact) mass is 273 g/mol. The Morgan fingerprint density at radius 3 is 2.10 bits per heavy atom. The van der Waals surface area contributed by atoms with E-state index in [9.17, 15) is 0 Å². The molecule has 0 radical (unpaired) electrons. The minimum absolute atomic E-state index is 0.256. The van der Waals surface area contributed by atoms with Crippen LogP contribution >= 0.6 is 0 Å². The number of nitrogens with zero attached hydrogens (tertiary/aromatic N) is 1. The molecule has 0 N–H and O–H groups in total. The first kappa shape index (κ1) is 15.6. The molecule has 0 amide bonds. The van der Waals surface area contributed by atoms with Gasteiger partial charge < -0.3 is 4.90 Å². The van der Waals surface area contributed by atoms with Crippen LogP contribution in [0.2, 0.25) is 0 Å². The minimum Gasteiger partial charge on any atom is -0.302 e. The third kappa shape index (κ3) is 4.09. The average Bonchev–Trinajstić information content (AvgIpc) is 2.74. The molecule has 1 nitrogen and oxygen atoms in total.